The molecule has 0 spiro atoms. The van der Waals surface area contributed by atoms with Crippen molar-refractivity contribution in [1.29, 1.82) is 0 Å². The van der Waals surface area contributed by atoms with Crippen LogP contribution in [-0.4, -0.2) is 19.1 Å². The van der Waals surface area contributed by atoms with Gasteiger partial charge in [0.25, 0.3) is 0 Å². The number of anilines is 1. The van der Waals surface area contributed by atoms with Gasteiger partial charge >= 0.3 is 0 Å². The molecule has 1 aliphatic carbocycles. The predicted molar refractivity (Wildman–Crippen MR) is 98.6 cm³/mol. The number of rotatable bonds is 8. The zero-order valence-corrected chi connectivity index (χ0v) is 14.4. The first-order chi connectivity index (χ1) is 12.3. The summed E-state index contributed by atoms with van der Waals surface area (Å²) in [4.78, 5) is 12.2. The fourth-order valence-electron chi connectivity index (χ4n) is 3.10. The molecule has 1 aliphatic rings. The quantitative estimate of drug-likeness (QED) is 0.725. The molecule has 4 heteroatoms. The molecule has 1 amide bonds. The summed E-state index contributed by atoms with van der Waals surface area (Å²) in [6, 6.07) is 17.6. The molecule has 25 heavy (non-hydrogen) atoms. The lowest BCUT2D eigenvalue weighted by molar-refractivity contribution is -0.119. The van der Waals surface area contributed by atoms with Crippen LogP contribution in [0.2, 0.25) is 0 Å². The highest BCUT2D eigenvalue weighted by Crippen LogP contribution is 2.26. The van der Waals surface area contributed by atoms with Crippen LogP contribution in [0.5, 0.6) is 5.75 Å². The lowest BCUT2D eigenvalue weighted by Gasteiger charge is -2.12. The van der Waals surface area contributed by atoms with Gasteiger partial charge in [0.2, 0.25) is 5.91 Å². The van der Waals surface area contributed by atoms with Gasteiger partial charge in [-0.3, -0.25) is 4.79 Å². The highest BCUT2D eigenvalue weighted by molar-refractivity contribution is 5.92. The maximum absolute atomic E-state index is 12.2. The first-order valence-electron chi connectivity index (χ1n) is 8.97. The van der Waals surface area contributed by atoms with E-state index < -0.39 is 0 Å². The fourth-order valence-corrected chi connectivity index (χ4v) is 3.10. The summed E-state index contributed by atoms with van der Waals surface area (Å²) >= 11 is 0. The Kier molecular flexibility index (Phi) is 6.46. The maximum Gasteiger partial charge on any atom is 0.227 e. The SMILES string of the molecule is O=C(Nc1cccc(COCCOc2ccccc2)c1)C1CCCC1. The monoisotopic (exact) mass is 339 g/mol. The van der Waals surface area contributed by atoms with Crippen LogP contribution < -0.4 is 10.1 Å². The molecule has 1 fully saturated rings. The number of ether oxygens (including phenoxy) is 2. The molecule has 0 radical (unpaired) electrons. The Morgan fingerprint density at radius 3 is 2.60 bits per heavy atom. The molecule has 1 N–H and O–H groups in total. The Balaban J connectivity index is 1.40. The molecular formula is C21H25NO3. The van der Waals surface area contributed by atoms with Crippen molar-refractivity contribution < 1.29 is 14.3 Å². The Morgan fingerprint density at radius 2 is 1.80 bits per heavy atom. The van der Waals surface area contributed by atoms with Gasteiger partial charge in [0, 0.05) is 11.6 Å². The highest BCUT2D eigenvalue weighted by Gasteiger charge is 2.22. The number of benzene rings is 2. The molecule has 0 saturated heterocycles. The minimum Gasteiger partial charge on any atom is -0.491 e. The third-order valence-electron chi connectivity index (χ3n) is 4.43. The van der Waals surface area contributed by atoms with E-state index in [2.05, 4.69) is 5.32 Å². The second kappa shape index (κ2) is 9.23. The van der Waals surface area contributed by atoms with E-state index in [1.165, 1.54) is 0 Å². The standard InChI is InChI=1S/C21H25NO3/c23-21(18-8-4-5-9-18)22-19-10-6-7-17(15-19)16-24-13-14-25-20-11-2-1-3-12-20/h1-3,6-7,10-12,15,18H,4-5,8-9,13-14,16H2,(H,22,23). The Morgan fingerprint density at radius 1 is 1.00 bits per heavy atom. The fraction of sp³-hybridized carbons (Fsp3) is 0.381. The number of hydrogen-bond acceptors (Lipinski definition) is 3. The molecule has 132 valence electrons. The van der Waals surface area contributed by atoms with Crippen molar-refractivity contribution in [2.75, 3.05) is 18.5 Å². The van der Waals surface area contributed by atoms with Gasteiger partial charge in [-0.15, -0.1) is 0 Å². The highest BCUT2D eigenvalue weighted by atomic mass is 16.5. The van der Waals surface area contributed by atoms with Crippen molar-refractivity contribution >= 4 is 11.6 Å². The van der Waals surface area contributed by atoms with Crippen molar-refractivity contribution in [2.45, 2.75) is 32.3 Å². The molecule has 0 heterocycles. The van der Waals surface area contributed by atoms with Crippen molar-refractivity contribution in [1.82, 2.24) is 0 Å². The number of hydrogen-bond donors (Lipinski definition) is 1. The summed E-state index contributed by atoms with van der Waals surface area (Å²) in [7, 11) is 0. The average Bonchev–Trinajstić information content (AvgIpc) is 3.17. The molecule has 0 bridgehead atoms. The van der Waals surface area contributed by atoms with E-state index in [0.717, 1.165) is 42.7 Å². The zero-order valence-electron chi connectivity index (χ0n) is 14.4. The lowest BCUT2D eigenvalue weighted by atomic mass is 10.1. The van der Waals surface area contributed by atoms with Crippen molar-refractivity contribution in [3.8, 4) is 5.75 Å². The van der Waals surface area contributed by atoms with Gasteiger partial charge in [-0.05, 0) is 42.7 Å². The van der Waals surface area contributed by atoms with Crippen LogP contribution in [0.4, 0.5) is 5.69 Å². The molecule has 4 nitrogen and oxygen atoms in total. The van der Waals surface area contributed by atoms with Crippen LogP contribution in [0.15, 0.2) is 54.6 Å². The summed E-state index contributed by atoms with van der Waals surface area (Å²) in [5, 5.41) is 3.03. The number of para-hydroxylation sites is 1. The minimum atomic E-state index is 0.145. The zero-order chi connectivity index (χ0) is 17.3. The number of nitrogens with one attached hydrogen (secondary N) is 1. The Labute approximate surface area is 149 Å². The molecule has 2 aromatic rings. The van der Waals surface area contributed by atoms with Gasteiger partial charge in [0.15, 0.2) is 0 Å². The molecule has 0 unspecified atom stereocenters. The Bertz CT molecular complexity index is 666. The third-order valence-corrected chi connectivity index (χ3v) is 4.43. The molecule has 0 aromatic heterocycles. The second-order valence-electron chi connectivity index (χ2n) is 6.39. The van der Waals surface area contributed by atoms with E-state index in [9.17, 15) is 4.79 Å². The lowest BCUT2D eigenvalue weighted by Crippen LogP contribution is -2.20. The third kappa shape index (κ3) is 5.61. The number of carbonyl (C=O) groups excluding carboxylic acids is 1. The maximum atomic E-state index is 12.2. The molecule has 2 aromatic carbocycles. The summed E-state index contributed by atoms with van der Waals surface area (Å²) in [5.41, 5.74) is 1.89. The molecule has 0 aliphatic heterocycles. The number of amides is 1. The van der Waals surface area contributed by atoms with E-state index >= 15 is 0 Å². The van der Waals surface area contributed by atoms with Gasteiger partial charge < -0.3 is 14.8 Å². The van der Waals surface area contributed by atoms with E-state index in [1.54, 1.807) is 0 Å². The largest absolute Gasteiger partial charge is 0.491 e. The van der Waals surface area contributed by atoms with Gasteiger partial charge in [0.1, 0.15) is 12.4 Å². The van der Waals surface area contributed by atoms with Crippen LogP contribution >= 0.6 is 0 Å². The van der Waals surface area contributed by atoms with Gasteiger partial charge in [-0.1, -0.05) is 43.2 Å². The topological polar surface area (TPSA) is 47.6 Å². The molecular weight excluding hydrogens is 314 g/mol. The average molecular weight is 339 g/mol. The first-order valence-corrected chi connectivity index (χ1v) is 8.97. The summed E-state index contributed by atoms with van der Waals surface area (Å²) in [6.45, 7) is 1.54. The van der Waals surface area contributed by atoms with Crippen molar-refractivity contribution in [3.63, 3.8) is 0 Å². The molecule has 3 rings (SSSR count). The van der Waals surface area contributed by atoms with Gasteiger partial charge in [-0.25, -0.2) is 0 Å². The molecule has 0 atom stereocenters. The van der Waals surface area contributed by atoms with Gasteiger partial charge in [0.05, 0.1) is 13.2 Å². The van der Waals surface area contributed by atoms with E-state index in [4.69, 9.17) is 9.47 Å². The van der Waals surface area contributed by atoms with Crippen LogP contribution in [0.3, 0.4) is 0 Å². The molecule has 1 saturated carbocycles. The van der Waals surface area contributed by atoms with Crippen LogP contribution in [0, 0.1) is 5.92 Å². The smallest absolute Gasteiger partial charge is 0.227 e. The number of carbonyl (C=O) groups is 1. The summed E-state index contributed by atoms with van der Waals surface area (Å²) in [6.07, 6.45) is 4.35. The predicted octanol–water partition coefficient (Wildman–Crippen LogP) is 4.41. The summed E-state index contributed by atoms with van der Waals surface area (Å²) in [5.74, 6) is 1.17. The normalized spacial score (nSPS) is 14.4. The van der Waals surface area contributed by atoms with E-state index in [-0.39, 0.29) is 11.8 Å². The van der Waals surface area contributed by atoms with Crippen molar-refractivity contribution in [2.24, 2.45) is 5.92 Å². The second-order valence-corrected chi connectivity index (χ2v) is 6.39. The van der Waals surface area contributed by atoms with E-state index in [1.807, 2.05) is 54.6 Å². The van der Waals surface area contributed by atoms with Crippen molar-refractivity contribution in [3.05, 3.63) is 60.2 Å². The first kappa shape index (κ1) is 17.5. The van der Waals surface area contributed by atoms with Gasteiger partial charge in [-0.2, -0.15) is 0 Å². The van der Waals surface area contributed by atoms with Crippen LogP contribution in [0.25, 0.3) is 0 Å². The summed E-state index contributed by atoms with van der Waals surface area (Å²) < 4.78 is 11.3. The minimum absolute atomic E-state index is 0.145. The van der Waals surface area contributed by atoms with E-state index in [0.29, 0.717) is 19.8 Å². The van der Waals surface area contributed by atoms with Crippen LogP contribution in [0.1, 0.15) is 31.2 Å². The van der Waals surface area contributed by atoms with Crippen LogP contribution in [-0.2, 0) is 16.1 Å². The Hall–Kier alpha value is -2.33.